The highest BCUT2D eigenvalue weighted by molar-refractivity contribution is 7.27. The van der Waals surface area contributed by atoms with E-state index in [0.29, 0.717) is 0 Å². The Labute approximate surface area is 417 Å². The lowest BCUT2D eigenvalue weighted by Crippen LogP contribution is -2.60. The molecule has 15 rings (SSSR count). The molecule has 0 saturated heterocycles. The van der Waals surface area contributed by atoms with Gasteiger partial charge in [0.05, 0.1) is 11.0 Å². The molecule has 342 valence electrons. The minimum atomic E-state index is -0.164. The van der Waals surface area contributed by atoms with Crippen LogP contribution in [0.25, 0.3) is 81.0 Å². The van der Waals surface area contributed by atoms with Gasteiger partial charge < -0.3 is 9.38 Å². The molecule has 0 atom stereocenters. The summed E-state index contributed by atoms with van der Waals surface area (Å²) in [6.07, 6.45) is 2.36. The molecule has 0 amide bonds. The van der Waals surface area contributed by atoms with Crippen LogP contribution in [0.2, 0.25) is 0 Å². The number of hydrogen-bond donors (Lipinski definition) is 0. The van der Waals surface area contributed by atoms with Crippen molar-refractivity contribution in [1.29, 1.82) is 0 Å². The quantitative estimate of drug-likeness (QED) is 0.149. The second kappa shape index (κ2) is 12.9. The molecule has 0 radical (unpaired) electrons. The molecule has 0 unspecified atom stereocenters. The summed E-state index contributed by atoms with van der Waals surface area (Å²) in [6.45, 7) is 26.7. The summed E-state index contributed by atoms with van der Waals surface area (Å²) in [5.74, 6) is 0. The molecule has 2 nitrogen and oxygen atoms in total. The molecule has 4 heteroatoms. The zero-order chi connectivity index (χ0) is 47.9. The Morgan fingerprint density at radius 1 is 0.514 bits per heavy atom. The van der Waals surface area contributed by atoms with Crippen LogP contribution in [0, 0.1) is 0 Å². The van der Waals surface area contributed by atoms with Crippen molar-refractivity contribution >= 4 is 82.5 Å². The van der Waals surface area contributed by atoms with Crippen LogP contribution in [0.5, 0.6) is 0 Å². The van der Waals surface area contributed by atoms with Crippen LogP contribution in [-0.4, -0.2) is 11.4 Å². The van der Waals surface area contributed by atoms with Gasteiger partial charge in [-0.25, -0.2) is 0 Å². The fourth-order valence-corrected chi connectivity index (χ4v) is 15.9. The monoisotopic (exact) mass is 922 g/mol. The van der Waals surface area contributed by atoms with E-state index in [1.807, 2.05) is 11.3 Å². The summed E-state index contributed by atoms with van der Waals surface area (Å²) in [7, 11) is 0. The van der Waals surface area contributed by atoms with E-state index >= 15 is 0 Å². The van der Waals surface area contributed by atoms with Crippen LogP contribution in [0.15, 0.2) is 133 Å². The number of benzene rings is 8. The number of aromatic nitrogens is 1. The maximum atomic E-state index is 2.79. The Morgan fingerprint density at radius 2 is 1.11 bits per heavy atom. The number of nitrogens with zero attached hydrogens (tertiary/aromatic N) is 2. The fourth-order valence-electron chi connectivity index (χ4n) is 14.6. The van der Waals surface area contributed by atoms with Gasteiger partial charge in [0.25, 0.3) is 0 Å². The first-order chi connectivity index (χ1) is 33.4. The van der Waals surface area contributed by atoms with Gasteiger partial charge in [0.2, 0.25) is 0 Å². The van der Waals surface area contributed by atoms with Gasteiger partial charge in [0.1, 0.15) is 0 Å². The van der Waals surface area contributed by atoms with E-state index in [4.69, 9.17) is 0 Å². The van der Waals surface area contributed by atoms with E-state index in [9.17, 15) is 0 Å². The molecule has 0 saturated carbocycles. The van der Waals surface area contributed by atoms with E-state index in [1.54, 1.807) is 0 Å². The van der Waals surface area contributed by atoms with E-state index in [-0.39, 0.29) is 33.9 Å². The first-order valence-electron chi connectivity index (χ1n) is 25.8. The maximum absolute atomic E-state index is 2.79. The Kier molecular flexibility index (Phi) is 7.66. The third kappa shape index (κ3) is 4.97. The molecule has 0 bridgehead atoms. The second-order valence-corrected chi connectivity index (χ2v) is 26.2. The number of anilines is 2. The summed E-state index contributed by atoms with van der Waals surface area (Å²) in [6, 6.07) is 53.3. The van der Waals surface area contributed by atoms with Crippen LogP contribution in [-0.2, 0) is 27.1 Å². The first-order valence-corrected chi connectivity index (χ1v) is 26.7. The van der Waals surface area contributed by atoms with Crippen LogP contribution >= 0.6 is 11.3 Å². The standard InChI is InChI=1S/C66H59BN2S/c1-62(2,3)36-24-26-37(27-25-36)69-53-34-48-41(38-18-12-15-21-45(38)66(48,10)11)30-43(53)56-57-40-20-14-17-23-55(40)70-61(57)58-44-31-49-50(64(6,7)29-28-63(49,4)5)35-52(44)68-54-32-42-39-19-13-16-22-46(39)65(8,9)47(42)33-51(54)67(69)59(56)60(58)68/h12-27,30-35H,28-29H2,1-11H3. The molecule has 10 aromatic rings. The molecule has 0 N–H and O–H groups in total. The number of fused-ring (bicyclic) bond motifs is 20. The predicted molar refractivity (Wildman–Crippen MR) is 302 cm³/mol. The van der Waals surface area contributed by atoms with Gasteiger partial charge in [0, 0.05) is 64.4 Å². The van der Waals surface area contributed by atoms with Crippen molar-refractivity contribution in [2.24, 2.45) is 0 Å². The lowest BCUT2D eigenvalue weighted by molar-refractivity contribution is 0.332. The summed E-state index contributed by atoms with van der Waals surface area (Å²) < 4.78 is 5.55. The van der Waals surface area contributed by atoms with Crippen molar-refractivity contribution in [3.05, 3.63) is 172 Å². The van der Waals surface area contributed by atoms with Gasteiger partial charge in [-0.1, -0.05) is 161 Å². The Hall–Kier alpha value is -6.36. The molecule has 3 aliphatic carbocycles. The Morgan fingerprint density at radius 3 is 1.79 bits per heavy atom. The van der Waals surface area contributed by atoms with Gasteiger partial charge in [0.15, 0.2) is 0 Å². The maximum Gasteiger partial charge on any atom is 0.333 e. The van der Waals surface area contributed by atoms with Gasteiger partial charge in [-0.3, -0.25) is 0 Å². The third-order valence-electron chi connectivity index (χ3n) is 18.6. The molecule has 8 aromatic carbocycles. The van der Waals surface area contributed by atoms with Crippen LogP contribution in [0.1, 0.15) is 128 Å². The summed E-state index contributed by atoms with van der Waals surface area (Å²) in [5.41, 5.74) is 27.5. The highest BCUT2D eigenvalue weighted by atomic mass is 32.1. The highest BCUT2D eigenvalue weighted by Gasteiger charge is 2.50. The fraction of sp³-hybridized carbons (Fsp3) is 0.273. The largest absolute Gasteiger partial charge is 0.376 e. The first kappa shape index (κ1) is 41.4. The summed E-state index contributed by atoms with van der Waals surface area (Å²) >= 11 is 2.01. The van der Waals surface area contributed by atoms with Crippen LogP contribution in [0.3, 0.4) is 0 Å². The van der Waals surface area contributed by atoms with Crippen molar-refractivity contribution in [3.8, 4) is 39.1 Å². The zero-order valence-corrected chi connectivity index (χ0v) is 43.3. The smallest absolute Gasteiger partial charge is 0.333 e. The average Bonchev–Trinajstić information content (AvgIpc) is 4.02. The molecule has 5 aliphatic rings. The van der Waals surface area contributed by atoms with Gasteiger partial charge in [-0.2, -0.15) is 0 Å². The van der Waals surface area contributed by atoms with Gasteiger partial charge >= 0.3 is 6.85 Å². The summed E-state index contributed by atoms with van der Waals surface area (Å²) in [5, 5.41) is 5.59. The van der Waals surface area contributed by atoms with E-state index in [0.717, 1.165) is 0 Å². The number of rotatable bonds is 1. The molecule has 2 aliphatic heterocycles. The van der Waals surface area contributed by atoms with Crippen LogP contribution in [0.4, 0.5) is 11.4 Å². The molecule has 0 fully saturated rings. The normalized spacial score (nSPS) is 17.9. The SMILES string of the molecule is CC(C)(C)c1ccc(N2B3c4cc5c(cc4-n4c6cc7c(cc6c6c8sc9ccccc9c8c(c3c64)-c3cc4c(cc32)C(C)(C)c2ccccc2-4)C(C)(C)CCC7(C)C)-c2ccccc2C5(C)C)cc1. The third-order valence-corrected chi connectivity index (χ3v) is 19.8. The minimum absolute atomic E-state index is 0.0289. The zero-order valence-electron chi connectivity index (χ0n) is 42.5. The lowest BCUT2D eigenvalue weighted by Gasteiger charge is -2.43. The van der Waals surface area contributed by atoms with Crippen molar-refractivity contribution in [2.75, 3.05) is 4.81 Å². The second-order valence-electron chi connectivity index (χ2n) is 25.1. The minimum Gasteiger partial charge on any atom is -0.376 e. The lowest BCUT2D eigenvalue weighted by atomic mass is 9.43. The topological polar surface area (TPSA) is 8.17 Å². The van der Waals surface area contributed by atoms with Crippen molar-refractivity contribution in [2.45, 2.75) is 116 Å². The molecular weight excluding hydrogens is 864 g/mol. The summed E-state index contributed by atoms with van der Waals surface area (Å²) in [4.78, 5) is 2.79. The molecule has 4 heterocycles. The van der Waals surface area contributed by atoms with E-state index in [1.165, 1.54) is 155 Å². The van der Waals surface area contributed by atoms with Gasteiger partial charge in [-0.15, -0.1) is 11.3 Å². The molecule has 0 spiro atoms. The van der Waals surface area contributed by atoms with E-state index in [2.05, 4.69) is 219 Å². The Balaban J connectivity index is 1.19. The van der Waals surface area contributed by atoms with Crippen molar-refractivity contribution in [3.63, 3.8) is 0 Å². The Bertz CT molecular complexity index is 4050. The van der Waals surface area contributed by atoms with Gasteiger partial charge in [-0.05, 0) is 155 Å². The van der Waals surface area contributed by atoms with Crippen molar-refractivity contribution < 1.29 is 0 Å². The molecule has 2 aromatic heterocycles. The highest BCUT2D eigenvalue weighted by Crippen LogP contribution is 2.59. The molecule has 70 heavy (non-hydrogen) atoms. The van der Waals surface area contributed by atoms with Crippen molar-refractivity contribution in [1.82, 2.24) is 4.57 Å². The van der Waals surface area contributed by atoms with E-state index < -0.39 is 0 Å². The number of thiophene rings is 1. The average molecular weight is 923 g/mol. The predicted octanol–water partition coefficient (Wildman–Crippen LogP) is 16.6. The van der Waals surface area contributed by atoms with Crippen LogP contribution < -0.4 is 15.7 Å². The molecular formula is C66H59BN2S. The number of hydrogen-bond acceptors (Lipinski definition) is 2.